The summed E-state index contributed by atoms with van der Waals surface area (Å²) in [7, 11) is 2.16. The topological polar surface area (TPSA) is 91.3 Å². The van der Waals surface area contributed by atoms with Crippen LogP contribution in [-0.2, 0) is 4.74 Å². The van der Waals surface area contributed by atoms with Crippen molar-refractivity contribution < 1.29 is 4.74 Å². The molecule has 0 radical (unpaired) electrons. The van der Waals surface area contributed by atoms with Crippen LogP contribution in [0.4, 0.5) is 11.6 Å². The van der Waals surface area contributed by atoms with Gasteiger partial charge in [-0.2, -0.15) is 13.5 Å². The highest BCUT2D eigenvalue weighted by atomic mass is 32.1. The molecule has 2 N–H and O–H groups in total. The zero-order valence-electron chi connectivity index (χ0n) is 18.3. The van der Waals surface area contributed by atoms with Crippen molar-refractivity contribution in [3.8, 4) is 11.3 Å². The fourth-order valence-corrected chi connectivity index (χ4v) is 3.96. The highest BCUT2D eigenvalue weighted by Gasteiger charge is 2.17. The van der Waals surface area contributed by atoms with E-state index < -0.39 is 0 Å². The van der Waals surface area contributed by atoms with Crippen LogP contribution in [0.2, 0.25) is 0 Å². The number of hydrogen-bond acceptors (Lipinski definition) is 9. The van der Waals surface area contributed by atoms with E-state index in [9.17, 15) is 0 Å². The molecule has 9 nitrogen and oxygen atoms in total. The minimum atomic E-state index is 0. The van der Waals surface area contributed by atoms with Gasteiger partial charge in [-0.05, 0) is 25.2 Å². The predicted octanol–water partition coefficient (Wildman–Crippen LogP) is 1.35. The number of fused-ring (bicyclic) bond motifs is 1. The van der Waals surface area contributed by atoms with Crippen LogP contribution in [0, 0.1) is 0 Å². The molecule has 170 valence electrons. The molecule has 2 aliphatic heterocycles. The van der Waals surface area contributed by atoms with Crippen LogP contribution in [0.15, 0.2) is 36.8 Å². The van der Waals surface area contributed by atoms with Crippen molar-refractivity contribution in [2.24, 2.45) is 0 Å². The van der Waals surface area contributed by atoms with Crippen molar-refractivity contribution in [1.29, 1.82) is 0 Å². The van der Waals surface area contributed by atoms with Crippen LogP contribution in [-0.4, -0.2) is 90.4 Å². The van der Waals surface area contributed by atoms with Gasteiger partial charge in [0.25, 0.3) is 0 Å². The summed E-state index contributed by atoms with van der Waals surface area (Å²) in [4.78, 5) is 23.2. The molecule has 32 heavy (non-hydrogen) atoms. The lowest BCUT2D eigenvalue weighted by atomic mass is 10.1. The zero-order chi connectivity index (χ0) is 21.0. The Morgan fingerprint density at radius 3 is 2.72 bits per heavy atom. The number of aromatic nitrogens is 4. The number of piperazine rings is 1. The van der Waals surface area contributed by atoms with Gasteiger partial charge in [-0.3, -0.25) is 4.98 Å². The average molecular weight is 455 g/mol. The Balaban J connectivity index is 0.00000245. The number of hydrogen-bond donors (Lipinski definition) is 2. The monoisotopic (exact) mass is 454 g/mol. The Morgan fingerprint density at radius 2 is 1.97 bits per heavy atom. The van der Waals surface area contributed by atoms with Gasteiger partial charge in [0.05, 0.1) is 23.9 Å². The summed E-state index contributed by atoms with van der Waals surface area (Å²) in [5.41, 5.74) is 3.36. The first-order valence-corrected chi connectivity index (χ1v) is 10.8. The Hall–Kier alpha value is -2.53. The maximum atomic E-state index is 5.80. The molecule has 0 spiro atoms. The highest BCUT2D eigenvalue weighted by Crippen LogP contribution is 2.26. The summed E-state index contributed by atoms with van der Waals surface area (Å²) in [6, 6.07) is 6.14. The number of anilines is 2. The Morgan fingerprint density at radius 1 is 1.12 bits per heavy atom. The fourth-order valence-electron chi connectivity index (χ4n) is 3.96. The van der Waals surface area contributed by atoms with Crippen molar-refractivity contribution in [1.82, 2.24) is 30.2 Å². The molecular weight excluding hydrogens is 424 g/mol. The van der Waals surface area contributed by atoms with Gasteiger partial charge in [0, 0.05) is 70.0 Å². The summed E-state index contributed by atoms with van der Waals surface area (Å²) in [5, 5.41) is 6.77. The van der Waals surface area contributed by atoms with Gasteiger partial charge < -0.3 is 25.2 Å². The van der Waals surface area contributed by atoms with Gasteiger partial charge in [-0.1, -0.05) is 0 Å². The lowest BCUT2D eigenvalue weighted by molar-refractivity contribution is 0.0372. The van der Waals surface area contributed by atoms with Gasteiger partial charge in [0.15, 0.2) is 5.82 Å². The third-order valence-electron chi connectivity index (χ3n) is 5.83. The number of nitrogens with one attached hydrogen (secondary N) is 2. The van der Waals surface area contributed by atoms with E-state index in [0.717, 1.165) is 79.8 Å². The lowest BCUT2D eigenvalue weighted by Crippen LogP contribution is -2.44. The van der Waals surface area contributed by atoms with Gasteiger partial charge in [-0.15, -0.1) is 0 Å². The molecule has 5 heterocycles. The van der Waals surface area contributed by atoms with Crippen molar-refractivity contribution in [2.45, 2.75) is 6.10 Å². The van der Waals surface area contributed by atoms with Gasteiger partial charge >= 0.3 is 0 Å². The first-order valence-electron chi connectivity index (χ1n) is 10.8. The predicted molar refractivity (Wildman–Crippen MR) is 132 cm³/mol. The molecule has 3 aromatic heterocycles. The summed E-state index contributed by atoms with van der Waals surface area (Å²) >= 11 is 0. The molecule has 0 aromatic carbocycles. The second-order valence-corrected chi connectivity index (χ2v) is 8.05. The Labute approximate surface area is 195 Å². The third kappa shape index (κ3) is 5.09. The number of morpholine rings is 1. The van der Waals surface area contributed by atoms with Crippen LogP contribution in [0.1, 0.15) is 0 Å². The van der Waals surface area contributed by atoms with Crippen LogP contribution in [0.5, 0.6) is 0 Å². The van der Waals surface area contributed by atoms with E-state index in [-0.39, 0.29) is 19.6 Å². The molecule has 1 atom stereocenters. The van der Waals surface area contributed by atoms with Crippen LogP contribution in [0.3, 0.4) is 0 Å². The quantitative estimate of drug-likeness (QED) is 0.593. The maximum absolute atomic E-state index is 5.80. The van der Waals surface area contributed by atoms with Gasteiger partial charge in [0.1, 0.15) is 11.3 Å². The lowest BCUT2D eigenvalue weighted by Gasteiger charge is -2.33. The Kier molecular flexibility index (Phi) is 7.36. The molecule has 0 aliphatic carbocycles. The molecule has 2 fully saturated rings. The van der Waals surface area contributed by atoms with E-state index >= 15 is 0 Å². The number of ether oxygens (including phenoxy) is 1. The second-order valence-electron chi connectivity index (χ2n) is 8.05. The number of likely N-dealkylation sites (N-methyl/N-ethyl adjacent to an activating group) is 1. The van der Waals surface area contributed by atoms with E-state index in [4.69, 9.17) is 14.7 Å². The minimum Gasteiger partial charge on any atom is -0.374 e. The summed E-state index contributed by atoms with van der Waals surface area (Å²) in [5.74, 6) is 1.73. The molecule has 0 amide bonds. The second kappa shape index (κ2) is 10.4. The van der Waals surface area contributed by atoms with Crippen molar-refractivity contribution in [3.05, 3.63) is 36.8 Å². The van der Waals surface area contributed by atoms with E-state index in [2.05, 4.69) is 49.6 Å². The van der Waals surface area contributed by atoms with Crippen LogP contribution < -0.4 is 15.5 Å². The highest BCUT2D eigenvalue weighted by molar-refractivity contribution is 7.59. The molecule has 0 saturated carbocycles. The van der Waals surface area contributed by atoms with Gasteiger partial charge in [-0.25, -0.2) is 15.0 Å². The molecule has 3 aromatic rings. The Bertz CT molecular complexity index is 1020. The first kappa shape index (κ1) is 22.7. The molecular formula is C22H30N8OS. The molecule has 5 rings (SSSR count). The maximum Gasteiger partial charge on any atom is 0.154 e. The minimum absolute atomic E-state index is 0. The summed E-state index contributed by atoms with van der Waals surface area (Å²) in [6.07, 6.45) is 5.41. The number of pyridine rings is 2. The molecule has 2 aliphatic rings. The molecule has 10 heteroatoms. The number of nitrogens with zero attached hydrogens (tertiary/aromatic N) is 6. The largest absolute Gasteiger partial charge is 0.374 e. The summed E-state index contributed by atoms with van der Waals surface area (Å²) in [6.45, 7) is 7.23. The molecule has 0 unspecified atom stereocenters. The van der Waals surface area contributed by atoms with Gasteiger partial charge in [0.2, 0.25) is 0 Å². The van der Waals surface area contributed by atoms with Crippen molar-refractivity contribution >= 4 is 36.2 Å². The van der Waals surface area contributed by atoms with Crippen LogP contribution >= 0.6 is 13.5 Å². The number of rotatable bonds is 5. The third-order valence-corrected chi connectivity index (χ3v) is 5.83. The van der Waals surface area contributed by atoms with E-state index in [1.54, 1.807) is 12.4 Å². The zero-order valence-corrected chi connectivity index (χ0v) is 19.3. The smallest absolute Gasteiger partial charge is 0.154 e. The van der Waals surface area contributed by atoms with Crippen LogP contribution in [0.25, 0.3) is 22.3 Å². The fraction of sp³-hybridized carbons (Fsp3) is 0.455. The van der Waals surface area contributed by atoms with Crippen molar-refractivity contribution in [3.63, 3.8) is 0 Å². The summed E-state index contributed by atoms with van der Waals surface area (Å²) < 4.78 is 5.80. The first-order chi connectivity index (χ1) is 15.3. The van der Waals surface area contributed by atoms with E-state index in [1.165, 1.54) is 0 Å². The SMILES string of the molecule is CN1CCN(c2ccc(-c3cc4nccnc4c(NC[C@@H]4CNCCO4)n3)cn2)CC1.S. The molecule has 2 saturated heterocycles. The standard InChI is InChI=1S/C22H28N8O.H2S/c1-29-7-9-30(10-8-29)20-3-2-16(13-26-20)18-12-19-21(25-5-4-24-19)22(28-18)27-15-17-14-23-6-11-31-17;/h2-5,12-13,17,23H,6-11,14-15H2,1H3,(H,27,28);1H2/t17-;/m0./s1. The van der Waals surface area contributed by atoms with E-state index in [0.29, 0.717) is 6.54 Å². The normalized spacial score (nSPS) is 19.5. The average Bonchev–Trinajstić information content (AvgIpc) is 2.83. The molecule has 0 bridgehead atoms. The van der Waals surface area contributed by atoms with E-state index in [1.807, 2.05) is 12.3 Å². The van der Waals surface area contributed by atoms with Crippen molar-refractivity contribution in [2.75, 3.05) is 69.7 Å².